The summed E-state index contributed by atoms with van der Waals surface area (Å²) in [7, 11) is 0. The third-order valence-corrected chi connectivity index (χ3v) is 2.05. The van der Waals surface area contributed by atoms with Crippen molar-refractivity contribution in [1.29, 1.82) is 0 Å². The number of unbranched alkanes of at least 4 members (excludes halogenated alkanes) is 1. The molecule has 1 unspecified atom stereocenters. The minimum atomic E-state index is 0.157. The zero-order chi connectivity index (χ0) is 8.91. The van der Waals surface area contributed by atoms with Gasteiger partial charge in [-0.2, -0.15) is 0 Å². The fourth-order valence-corrected chi connectivity index (χ4v) is 1.10. The summed E-state index contributed by atoms with van der Waals surface area (Å²) in [6.07, 6.45) is 3.42. The van der Waals surface area contributed by atoms with Crippen molar-refractivity contribution in [2.45, 2.75) is 53.0 Å². The molecule has 0 aliphatic rings. The summed E-state index contributed by atoms with van der Waals surface area (Å²) in [6, 6.07) is 0.224. The Balaban J connectivity index is 3.76. The Bertz CT molecular complexity index is 96.2. The molecule has 0 amide bonds. The van der Waals surface area contributed by atoms with Crippen LogP contribution in [0, 0.1) is 5.41 Å². The van der Waals surface area contributed by atoms with Gasteiger partial charge in [0.15, 0.2) is 0 Å². The first kappa shape index (κ1) is 10.9. The van der Waals surface area contributed by atoms with E-state index >= 15 is 0 Å². The van der Waals surface area contributed by atoms with Crippen molar-refractivity contribution in [2.24, 2.45) is 5.41 Å². The van der Waals surface area contributed by atoms with Crippen LogP contribution in [0.15, 0.2) is 0 Å². The Hall–Kier alpha value is -0.0800. The Kier molecular flexibility index (Phi) is 4.69. The van der Waals surface area contributed by atoms with Gasteiger partial charge in [0.25, 0.3) is 0 Å². The first-order chi connectivity index (χ1) is 5.02. The first-order valence-electron chi connectivity index (χ1n) is 4.42. The van der Waals surface area contributed by atoms with Crippen molar-refractivity contribution in [2.75, 3.05) is 0 Å². The van der Waals surface area contributed by atoms with Crippen LogP contribution in [-0.4, -0.2) is 11.2 Å². The summed E-state index contributed by atoms with van der Waals surface area (Å²) < 4.78 is 0. The zero-order valence-electron chi connectivity index (χ0n) is 8.15. The largest absolute Gasteiger partial charge is 0.317 e. The molecule has 2 heteroatoms. The van der Waals surface area contributed by atoms with Crippen LogP contribution < -0.4 is 5.48 Å². The molecule has 0 rings (SSSR count). The van der Waals surface area contributed by atoms with Crippen LogP contribution in [0.25, 0.3) is 0 Å². The second-order valence-electron chi connectivity index (χ2n) is 4.19. The van der Waals surface area contributed by atoms with E-state index in [-0.39, 0.29) is 11.5 Å². The lowest BCUT2D eigenvalue weighted by Crippen LogP contribution is -2.38. The number of hydrogen-bond donors (Lipinski definition) is 2. The molecule has 0 saturated heterocycles. The van der Waals surface area contributed by atoms with Gasteiger partial charge in [-0.15, -0.1) is 0 Å². The standard InChI is InChI=1S/C9H21NO/c1-5-6-7-8(10-11)9(2,3)4/h8,10-11H,5-7H2,1-4H3. The summed E-state index contributed by atoms with van der Waals surface area (Å²) in [4.78, 5) is 0. The summed E-state index contributed by atoms with van der Waals surface area (Å²) in [6.45, 7) is 8.57. The SMILES string of the molecule is CCCCC(NO)C(C)(C)C. The van der Waals surface area contributed by atoms with Gasteiger partial charge in [0.2, 0.25) is 0 Å². The molecule has 68 valence electrons. The van der Waals surface area contributed by atoms with Crippen LogP contribution in [-0.2, 0) is 0 Å². The Labute approximate surface area is 70.0 Å². The molecule has 0 heterocycles. The van der Waals surface area contributed by atoms with E-state index in [9.17, 15) is 0 Å². The third-order valence-electron chi connectivity index (χ3n) is 2.05. The van der Waals surface area contributed by atoms with Gasteiger partial charge in [0.05, 0.1) is 0 Å². The monoisotopic (exact) mass is 159 g/mol. The van der Waals surface area contributed by atoms with E-state index in [1.807, 2.05) is 0 Å². The normalized spacial score (nSPS) is 15.0. The van der Waals surface area contributed by atoms with Crippen molar-refractivity contribution in [3.05, 3.63) is 0 Å². The molecule has 1 atom stereocenters. The number of nitrogens with one attached hydrogen (secondary N) is 1. The van der Waals surface area contributed by atoms with Crippen molar-refractivity contribution in [1.82, 2.24) is 5.48 Å². The molecule has 0 radical (unpaired) electrons. The van der Waals surface area contributed by atoms with Crippen LogP contribution in [0.3, 0.4) is 0 Å². The average molecular weight is 159 g/mol. The number of hydroxylamine groups is 1. The first-order valence-corrected chi connectivity index (χ1v) is 4.42. The van der Waals surface area contributed by atoms with Crippen molar-refractivity contribution >= 4 is 0 Å². The number of hydrogen-bond acceptors (Lipinski definition) is 2. The second kappa shape index (κ2) is 4.73. The van der Waals surface area contributed by atoms with Crippen LogP contribution in [0.2, 0.25) is 0 Å². The predicted molar refractivity (Wildman–Crippen MR) is 47.7 cm³/mol. The maximum atomic E-state index is 8.84. The third kappa shape index (κ3) is 4.38. The van der Waals surface area contributed by atoms with Gasteiger partial charge in [-0.3, -0.25) is 0 Å². The maximum absolute atomic E-state index is 8.84. The van der Waals surface area contributed by atoms with E-state index in [0.29, 0.717) is 0 Å². The van der Waals surface area contributed by atoms with E-state index < -0.39 is 0 Å². The summed E-state index contributed by atoms with van der Waals surface area (Å²) in [5.74, 6) is 0. The second-order valence-corrected chi connectivity index (χ2v) is 4.19. The molecule has 0 spiro atoms. The highest BCUT2D eigenvalue weighted by Gasteiger charge is 2.22. The van der Waals surface area contributed by atoms with E-state index in [2.05, 4.69) is 33.2 Å². The Morgan fingerprint density at radius 3 is 2.18 bits per heavy atom. The number of rotatable bonds is 4. The molecule has 0 aromatic rings. The van der Waals surface area contributed by atoms with E-state index in [1.54, 1.807) is 0 Å². The minimum Gasteiger partial charge on any atom is -0.317 e. The summed E-state index contributed by atoms with van der Waals surface area (Å²) in [5, 5.41) is 8.84. The van der Waals surface area contributed by atoms with E-state index in [1.165, 1.54) is 12.8 Å². The molecule has 0 saturated carbocycles. The molecule has 0 aliphatic carbocycles. The zero-order valence-corrected chi connectivity index (χ0v) is 8.15. The van der Waals surface area contributed by atoms with Crippen LogP contribution in [0.1, 0.15) is 47.0 Å². The van der Waals surface area contributed by atoms with Gasteiger partial charge in [-0.1, -0.05) is 40.5 Å². The molecular weight excluding hydrogens is 138 g/mol. The van der Waals surface area contributed by atoms with E-state index in [4.69, 9.17) is 5.21 Å². The van der Waals surface area contributed by atoms with Crippen molar-refractivity contribution in [3.63, 3.8) is 0 Å². The average Bonchev–Trinajstić information content (AvgIpc) is 1.87. The van der Waals surface area contributed by atoms with E-state index in [0.717, 1.165) is 6.42 Å². The van der Waals surface area contributed by atoms with Gasteiger partial charge < -0.3 is 5.21 Å². The van der Waals surface area contributed by atoms with Crippen LogP contribution >= 0.6 is 0 Å². The van der Waals surface area contributed by atoms with Crippen molar-refractivity contribution < 1.29 is 5.21 Å². The molecular formula is C9H21NO. The minimum absolute atomic E-state index is 0.157. The predicted octanol–water partition coefficient (Wildman–Crippen LogP) is 2.57. The lowest BCUT2D eigenvalue weighted by Gasteiger charge is -2.29. The summed E-state index contributed by atoms with van der Waals surface area (Å²) >= 11 is 0. The highest BCUT2D eigenvalue weighted by Crippen LogP contribution is 2.22. The molecule has 0 aliphatic heterocycles. The highest BCUT2D eigenvalue weighted by molar-refractivity contribution is 4.76. The van der Waals surface area contributed by atoms with Crippen molar-refractivity contribution in [3.8, 4) is 0 Å². The quantitative estimate of drug-likeness (QED) is 0.618. The molecule has 2 nitrogen and oxygen atoms in total. The topological polar surface area (TPSA) is 32.3 Å². The fraction of sp³-hybridized carbons (Fsp3) is 1.00. The maximum Gasteiger partial charge on any atom is 0.0368 e. The molecule has 11 heavy (non-hydrogen) atoms. The lowest BCUT2D eigenvalue weighted by molar-refractivity contribution is 0.0662. The lowest BCUT2D eigenvalue weighted by atomic mass is 9.84. The van der Waals surface area contributed by atoms with Gasteiger partial charge in [0.1, 0.15) is 0 Å². The Morgan fingerprint density at radius 1 is 1.36 bits per heavy atom. The Morgan fingerprint density at radius 2 is 1.91 bits per heavy atom. The summed E-state index contributed by atoms with van der Waals surface area (Å²) in [5.41, 5.74) is 2.53. The van der Waals surface area contributed by atoms with Gasteiger partial charge in [0, 0.05) is 6.04 Å². The molecule has 0 bridgehead atoms. The van der Waals surface area contributed by atoms with Gasteiger partial charge >= 0.3 is 0 Å². The smallest absolute Gasteiger partial charge is 0.0368 e. The van der Waals surface area contributed by atoms with Crippen LogP contribution in [0.5, 0.6) is 0 Å². The van der Waals surface area contributed by atoms with Gasteiger partial charge in [-0.25, -0.2) is 5.48 Å². The highest BCUT2D eigenvalue weighted by atomic mass is 16.5. The molecule has 2 N–H and O–H groups in total. The fourth-order valence-electron chi connectivity index (χ4n) is 1.10. The molecule has 0 fully saturated rings. The van der Waals surface area contributed by atoms with Crippen LogP contribution in [0.4, 0.5) is 0 Å². The molecule has 0 aromatic heterocycles. The molecule has 0 aromatic carbocycles. The van der Waals surface area contributed by atoms with Gasteiger partial charge in [-0.05, 0) is 11.8 Å².